The first-order valence-electron chi connectivity index (χ1n) is 7.71. The third kappa shape index (κ3) is 3.75. The number of halogens is 3. The van der Waals surface area contributed by atoms with Crippen LogP contribution in [0.5, 0.6) is 0 Å². The fourth-order valence-corrected chi connectivity index (χ4v) is 2.82. The Morgan fingerprint density at radius 2 is 2.00 bits per heavy atom. The number of aromatic nitrogens is 1. The molecular formula is C18H17F3N2O. The van der Waals surface area contributed by atoms with Crippen LogP contribution in [0.4, 0.5) is 13.2 Å². The maximum Gasteiger partial charge on any atom is 0.416 e. The summed E-state index contributed by atoms with van der Waals surface area (Å²) in [6, 6.07) is 8.97. The second kappa shape index (κ2) is 6.26. The molecule has 126 valence electrons. The van der Waals surface area contributed by atoms with Gasteiger partial charge in [-0.1, -0.05) is 24.3 Å². The quantitative estimate of drug-likeness (QED) is 0.928. The number of hydrogen-bond acceptors (Lipinski definition) is 2. The van der Waals surface area contributed by atoms with E-state index in [9.17, 15) is 18.0 Å². The van der Waals surface area contributed by atoms with E-state index in [1.807, 2.05) is 19.1 Å². The highest BCUT2D eigenvalue weighted by Gasteiger charge is 2.44. The summed E-state index contributed by atoms with van der Waals surface area (Å²) in [7, 11) is 0. The van der Waals surface area contributed by atoms with Crippen LogP contribution in [0, 0.1) is 6.92 Å². The van der Waals surface area contributed by atoms with Gasteiger partial charge in [0.15, 0.2) is 0 Å². The van der Waals surface area contributed by atoms with Crippen molar-refractivity contribution in [3.8, 4) is 0 Å². The average molecular weight is 334 g/mol. The van der Waals surface area contributed by atoms with Crippen LogP contribution in [-0.2, 0) is 17.4 Å². The lowest BCUT2D eigenvalue weighted by Gasteiger charge is -2.12. The minimum absolute atomic E-state index is 0.178. The van der Waals surface area contributed by atoms with Gasteiger partial charge >= 0.3 is 6.18 Å². The lowest BCUT2D eigenvalue weighted by atomic mass is 10.0. The molecular weight excluding hydrogens is 317 g/mol. The summed E-state index contributed by atoms with van der Waals surface area (Å²) < 4.78 is 39.2. The standard InChI is InChI=1S/C18H17F3N2O/c1-11-6-7-12(10-22-11)8-17(24)23-16-9-14(16)13-4-2-3-5-15(13)18(19,20)21/h2-7,10,14,16H,8-9H2,1H3,(H,23,24)/t14-,16+/m0/s1. The van der Waals surface area contributed by atoms with E-state index in [1.54, 1.807) is 12.3 Å². The van der Waals surface area contributed by atoms with Gasteiger partial charge in [0.05, 0.1) is 12.0 Å². The monoisotopic (exact) mass is 334 g/mol. The summed E-state index contributed by atoms with van der Waals surface area (Å²) in [5.74, 6) is -0.472. The van der Waals surface area contributed by atoms with E-state index in [-0.39, 0.29) is 29.9 Å². The zero-order valence-electron chi connectivity index (χ0n) is 13.1. The number of rotatable bonds is 4. The Morgan fingerprint density at radius 3 is 2.67 bits per heavy atom. The van der Waals surface area contributed by atoms with Gasteiger partial charge in [-0.25, -0.2) is 0 Å². The van der Waals surface area contributed by atoms with Crippen molar-refractivity contribution in [1.29, 1.82) is 0 Å². The van der Waals surface area contributed by atoms with Crippen LogP contribution in [0.25, 0.3) is 0 Å². The molecule has 1 saturated carbocycles. The second-order valence-corrected chi connectivity index (χ2v) is 6.09. The molecule has 1 aliphatic rings. The van der Waals surface area contributed by atoms with Gasteiger partial charge in [0.1, 0.15) is 0 Å². The maximum absolute atomic E-state index is 13.1. The number of carbonyl (C=O) groups is 1. The molecule has 1 aromatic heterocycles. The zero-order valence-corrected chi connectivity index (χ0v) is 13.1. The summed E-state index contributed by atoms with van der Waals surface area (Å²) in [5, 5.41) is 2.81. The van der Waals surface area contributed by atoms with Crippen molar-refractivity contribution in [3.63, 3.8) is 0 Å². The number of aryl methyl sites for hydroxylation is 1. The smallest absolute Gasteiger partial charge is 0.352 e. The van der Waals surface area contributed by atoms with E-state index in [0.29, 0.717) is 6.42 Å². The summed E-state index contributed by atoms with van der Waals surface area (Å²) in [6.45, 7) is 1.86. The van der Waals surface area contributed by atoms with Crippen LogP contribution < -0.4 is 5.32 Å². The Bertz CT molecular complexity index is 741. The zero-order chi connectivity index (χ0) is 17.3. The lowest BCUT2D eigenvalue weighted by molar-refractivity contribution is -0.138. The Balaban J connectivity index is 1.62. The SMILES string of the molecule is Cc1ccc(CC(=O)N[C@@H]2C[C@H]2c2ccccc2C(F)(F)F)cn1. The highest BCUT2D eigenvalue weighted by Crippen LogP contribution is 2.46. The Labute approximate surface area is 137 Å². The number of carbonyl (C=O) groups excluding carboxylic acids is 1. The third-order valence-corrected chi connectivity index (χ3v) is 4.14. The molecule has 1 fully saturated rings. The second-order valence-electron chi connectivity index (χ2n) is 6.09. The molecule has 0 saturated heterocycles. The summed E-state index contributed by atoms with van der Waals surface area (Å²) in [5.41, 5.74) is 1.29. The van der Waals surface area contributed by atoms with Crippen molar-refractivity contribution in [1.82, 2.24) is 10.3 Å². The molecule has 1 aromatic carbocycles. The van der Waals surface area contributed by atoms with E-state index in [0.717, 1.165) is 17.3 Å². The molecule has 3 nitrogen and oxygen atoms in total. The van der Waals surface area contributed by atoms with Gasteiger partial charge in [0.2, 0.25) is 5.91 Å². The van der Waals surface area contributed by atoms with Crippen molar-refractivity contribution in [2.24, 2.45) is 0 Å². The van der Waals surface area contributed by atoms with Gasteiger partial charge in [-0.3, -0.25) is 9.78 Å². The number of pyridine rings is 1. The maximum atomic E-state index is 13.1. The highest BCUT2D eigenvalue weighted by atomic mass is 19.4. The summed E-state index contributed by atoms with van der Waals surface area (Å²) >= 11 is 0. The molecule has 3 rings (SSSR count). The molecule has 1 heterocycles. The number of nitrogens with one attached hydrogen (secondary N) is 1. The van der Waals surface area contributed by atoms with Gasteiger partial charge < -0.3 is 5.32 Å². The van der Waals surface area contributed by atoms with Crippen molar-refractivity contribution < 1.29 is 18.0 Å². The van der Waals surface area contributed by atoms with Gasteiger partial charge in [0.25, 0.3) is 0 Å². The van der Waals surface area contributed by atoms with Crippen molar-refractivity contribution >= 4 is 5.91 Å². The number of amides is 1. The normalized spacial score (nSPS) is 19.8. The van der Waals surface area contributed by atoms with Crippen LogP contribution in [0.2, 0.25) is 0 Å². The van der Waals surface area contributed by atoms with Gasteiger partial charge in [-0.05, 0) is 36.6 Å². The fraction of sp³-hybridized carbons (Fsp3) is 0.333. The molecule has 0 unspecified atom stereocenters. The molecule has 1 N–H and O–H groups in total. The first-order valence-corrected chi connectivity index (χ1v) is 7.71. The van der Waals surface area contributed by atoms with E-state index in [1.165, 1.54) is 12.1 Å². The molecule has 24 heavy (non-hydrogen) atoms. The largest absolute Gasteiger partial charge is 0.416 e. The van der Waals surface area contributed by atoms with Crippen LogP contribution in [0.15, 0.2) is 42.6 Å². The first kappa shape index (κ1) is 16.5. The van der Waals surface area contributed by atoms with Crippen LogP contribution in [0.3, 0.4) is 0 Å². The van der Waals surface area contributed by atoms with Crippen LogP contribution in [-0.4, -0.2) is 16.9 Å². The van der Waals surface area contributed by atoms with E-state index >= 15 is 0 Å². The summed E-state index contributed by atoms with van der Waals surface area (Å²) in [6.07, 6.45) is -2.03. The first-order chi connectivity index (χ1) is 11.3. The van der Waals surface area contributed by atoms with Crippen LogP contribution >= 0.6 is 0 Å². The Kier molecular flexibility index (Phi) is 4.30. The molecule has 0 bridgehead atoms. The molecule has 1 amide bonds. The molecule has 0 radical (unpaired) electrons. The molecule has 0 spiro atoms. The molecule has 2 aromatic rings. The fourth-order valence-electron chi connectivity index (χ4n) is 2.82. The highest BCUT2D eigenvalue weighted by molar-refractivity contribution is 5.79. The van der Waals surface area contributed by atoms with E-state index in [2.05, 4.69) is 10.3 Å². The third-order valence-electron chi connectivity index (χ3n) is 4.14. The van der Waals surface area contributed by atoms with Crippen molar-refractivity contribution in [2.45, 2.75) is 37.9 Å². The predicted molar refractivity (Wildman–Crippen MR) is 83.4 cm³/mol. The number of nitrogens with zero attached hydrogens (tertiary/aromatic N) is 1. The van der Waals surface area contributed by atoms with Crippen LogP contribution in [0.1, 0.15) is 34.7 Å². The molecule has 0 aliphatic heterocycles. The Morgan fingerprint density at radius 1 is 1.25 bits per heavy atom. The molecule has 2 atom stereocenters. The van der Waals surface area contributed by atoms with Gasteiger partial charge in [-0.2, -0.15) is 13.2 Å². The topological polar surface area (TPSA) is 42.0 Å². The minimum Gasteiger partial charge on any atom is -0.352 e. The number of hydrogen-bond donors (Lipinski definition) is 1. The van der Waals surface area contributed by atoms with Gasteiger partial charge in [0, 0.05) is 23.9 Å². The lowest BCUT2D eigenvalue weighted by Crippen LogP contribution is -2.28. The average Bonchev–Trinajstić information content (AvgIpc) is 3.27. The molecule has 1 aliphatic carbocycles. The number of alkyl halides is 3. The van der Waals surface area contributed by atoms with E-state index < -0.39 is 11.7 Å². The Hall–Kier alpha value is -2.37. The summed E-state index contributed by atoms with van der Waals surface area (Å²) in [4.78, 5) is 16.2. The number of benzene rings is 1. The predicted octanol–water partition coefficient (Wildman–Crippen LogP) is 3.62. The van der Waals surface area contributed by atoms with Crippen molar-refractivity contribution in [2.75, 3.05) is 0 Å². The minimum atomic E-state index is -4.37. The van der Waals surface area contributed by atoms with E-state index in [4.69, 9.17) is 0 Å². The van der Waals surface area contributed by atoms with Gasteiger partial charge in [-0.15, -0.1) is 0 Å². The van der Waals surface area contributed by atoms with Crippen molar-refractivity contribution in [3.05, 3.63) is 65.0 Å². The molecule has 6 heteroatoms.